The standard InChI is InChI=1S/C35H35NO6/c1-4-40-34(37)10-7-21-41-31-9-6-5-8-30(31)33-22-26-11-16-27(23-32(26)42-33)36-35(24-12-17-28(38-2)18-13-24)25-14-19-29(39-3)20-15-25/h5-6,8-9,11-20,22-23,35-36H,4,7,10,21H2,1-3H3. The van der Waals surface area contributed by atoms with Gasteiger partial charge in [-0.1, -0.05) is 36.4 Å². The summed E-state index contributed by atoms with van der Waals surface area (Å²) in [7, 11) is 3.33. The van der Waals surface area contributed by atoms with Crippen LogP contribution in [-0.2, 0) is 9.53 Å². The number of fused-ring (bicyclic) bond motifs is 1. The molecule has 216 valence electrons. The van der Waals surface area contributed by atoms with Crippen LogP contribution in [0.4, 0.5) is 5.69 Å². The number of ether oxygens (including phenoxy) is 4. The predicted octanol–water partition coefficient (Wildman–Crippen LogP) is 8.04. The van der Waals surface area contributed by atoms with Gasteiger partial charge >= 0.3 is 5.97 Å². The number of methoxy groups -OCH3 is 2. The van der Waals surface area contributed by atoms with Crippen LogP contribution in [0.5, 0.6) is 17.2 Å². The van der Waals surface area contributed by atoms with Crippen molar-refractivity contribution in [3.05, 3.63) is 108 Å². The lowest BCUT2D eigenvalue weighted by Gasteiger charge is -2.21. The molecule has 1 aromatic heterocycles. The van der Waals surface area contributed by atoms with Gasteiger partial charge < -0.3 is 28.7 Å². The third-order valence-corrected chi connectivity index (χ3v) is 6.97. The van der Waals surface area contributed by atoms with Crippen molar-refractivity contribution in [1.82, 2.24) is 0 Å². The van der Waals surface area contributed by atoms with Crippen LogP contribution in [-0.4, -0.2) is 33.4 Å². The number of para-hydroxylation sites is 1. The second kappa shape index (κ2) is 13.6. The fourth-order valence-corrected chi connectivity index (χ4v) is 4.80. The van der Waals surface area contributed by atoms with Crippen LogP contribution in [0.25, 0.3) is 22.3 Å². The quantitative estimate of drug-likeness (QED) is 0.114. The van der Waals surface area contributed by atoms with Crippen LogP contribution in [0.1, 0.15) is 36.9 Å². The van der Waals surface area contributed by atoms with Crippen molar-refractivity contribution < 1.29 is 28.2 Å². The number of hydrogen-bond donors (Lipinski definition) is 1. The van der Waals surface area contributed by atoms with Crippen LogP contribution >= 0.6 is 0 Å². The number of rotatable bonds is 13. The lowest BCUT2D eigenvalue weighted by Crippen LogP contribution is -2.12. The van der Waals surface area contributed by atoms with Crippen LogP contribution in [0.3, 0.4) is 0 Å². The van der Waals surface area contributed by atoms with E-state index in [1.165, 1.54) is 0 Å². The maximum absolute atomic E-state index is 11.6. The summed E-state index contributed by atoms with van der Waals surface area (Å²) in [4.78, 5) is 11.6. The molecule has 1 N–H and O–H groups in total. The van der Waals surface area contributed by atoms with Crippen molar-refractivity contribution in [2.75, 3.05) is 32.8 Å². The zero-order valence-corrected chi connectivity index (χ0v) is 24.1. The Hall–Kier alpha value is -4.91. The van der Waals surface area contributed by atoms with E-state index in [1.54, 1.807) is 21.1 Å². The van der Waals surface area contributed by atoms with Crippen LogP contribution in [0, 0.1) is 0 Å². The molecule has 0 atom stereocenters. The van der Waals surface area contributed by atoms with Gasteiger partial charge in [-0.15, -0.1) is 0 Å². The molecule has 0 aliphatic rings. The van der Waals surface area contributed by atoms with Gasteiger partial charge in [0.15, 0.2) is 0 Å². The number of benzene rings is 4. The van der Waals surface area contributed by atoms with Gasteiger partial charge in [0.2, 0.25) is 0 Å². The number of carbonyl (C=O) groups excluding carboxylic acids is 1. The van der Waals surface area contributed by atoms with E-state index in [0.717, 1.165) is 44.8 Å². The Bertz CT molecular complexity index is 1560. The Morgan fingerprint density at radius 2 is 1.50 bits per heavy atom. The van der Waals surface area contributed by atoms with E-state index >= 15 is 0 Å². The zero-order valence-electron chi connectivity index (χ0n) is 24.1. The molecule has 0 fully saturated rings. The van der Waals surface area contributed by atoms with E-state index in [2.05, 4.69) is 35.6 Å². The first-order chi connectivity index (χ1) is 20.6. The largest absolute Gasteiger partial charge is 0.497 e. The molecular formula is C35H35NO6. The topological polar surface area (TPSA) is 79.2 Å². The van der Waals surface area contributed by atoms with E-state index in [9.17, 15) is 4.79 Å². The number of furan rings is 1. The molecule has 0 amide bonds. The lowest BCUT2D eigenvalue weighted by atomic mass is 9.98. The number of hydrogen-bond acceptors (Lipinski definition) is 7. The molecule has 7 heteroatoms. The second-order valence-electron chi connectivity index (χ2n) is 9.74. The van der Waals surface area contributed by atoms with Gasteiger partial charge in [-0.05, 0) is 79.1 Å². The molecule has 0 unspecified atom stereocenters. The van der Waals surface area contributed by atoms with Gasteiger partial charge in [-0.2, -0.15) is 0 Å². The molecule has 1 heterocycles. The second-order valence-corrected chi connectivity index (χ2v) is 9.74. The molecule has 0 spiro atoms. The first-order valence-corrected chi connectivity index (χ1v) is 14.0. The number of esters is 1. The summed E-state index contributed by atoms with van der Waals surface area (Å²) < 4.78 is 28.1. The molecule has 7 nitrogen and oxygen atoms in total. The number of nitrogens with one attached hydrogen (secondary N) is 1. The maximum Gasteiger partial charge on any atom is 0.305 e. The van der Waals surface area contributed by atoms with Gasteiger partial charge in [0.1, 0.15) is 28.6 Å². The average molecular weight is 566 g/mol. The average Bonchev–Trinajstić information content (AvgIpc) is 3.46. The van der Waals surface area contributed by atoms with Gasteiger partial charge in [0.05, 0.1) is 39.0 Å². The summed E-state index contributed by atoms with van der Waals surface area (Å²) in [5, 5.41) is 4.67. The smallest absolute Gasteiger partial charge is 0.305 e. The Morgan fingerprint density at radius 1 is 0.833 bits per heavy atom. The summed E-state index contributed by atoms with van der Waals surface area (Å²) in [5.41, 5.74) is 4.72. The van der Waals surface area contributed by atoms with Gasteiger partial charge in [0.25, 0.3) is 0 Å². The fourth-order valence-electron chi connectivity index (χ4n) is 4.80. The van der Waals surface area contributed by atoms with Crippen molar-refractivity contribution >= 4 is 22.6 Å². The van der Waals surface area contributed by atoms with Crippen molar-refractivity contribution in [2.24, 2.45) is 0 Å². The molecule has 42 heavy (non-hydrogen) atoms. The minimum Gasteiger partial charge on any atom is -0.497 e. The van der Waals surface area contributed by atoms with Gasteiger partial charge in [-0.25, -0.2) is 0 Å². The normalized spacial score (nSPS) is 11.0. The first-order valence-electron chi connectivity index (χ1n) is 14.0. The molecule has 0 aliphatic carbocycles. The molecule has 0 saturated carbocycles. The molecule has 0 radical (unpaired) electrons. The Balaban J connectivity index is 1.37. The molecule has 0 bridgehead atoms. The molecule has 4 aromatic carbocycles. The van der Waals surface area contributed by atoms with E-state index in [-0.39, 0.29) is 12.0 Å². The van der Waals surface area contributed by atoms with Crippen LogP contribution < -0.4 is 19.5 Å². The first kappa shape index (κ1) is 28.6. The van der Waals surface area contributed by atoms with Gasteiger partial charge in [-0.3, -0.25) is 4.79 Å². The predicted molar refractivity (Wildman–Crippen MR) is 164 cm³/mol. The minimum absolute atomic E-state index is 0.113. The van der Waals surface area contributed by atoms with Crippen LogP contribution in [0.15, 0.2) is 101 Å². The van der Waals surface area contributed by atoms with E-state index < -0.39 is 0 Å². The van der Waals surface area contributed by atoms with Crippen molar-refractivity contribution in [1.29, 1.82) is 0 Å². The highest BCUT2D eigenvalue weighted by molar-refractivity contribution is 5.86. The summed E-state index contributed by atoms with van der Waals surface area (Å²) in [6.45, 7) is 2.59. The highest BCUT2D eigenvalue weighted by Gasteiger charge is 2.17. The summed E-state index contributed by atoms with van der Waals surface area (Å²) in [6.07, 6.45) is 0.899. The zero-order chi connectivity index (χ0) is 29.3. The molecule has 5 rings (SSSR count). The van der Waals surface area contributed by atoms with E-state index in [1.807, 2.05) is 66.7 Å². The SMILES string of the molecule is CCOC(=O)CCCOc1ccccc1-c1cc2ccc(NC(c3ccc(OC)cc3)c3ccc(OC)cc3)cc2o1. The van der Waals surface area contributed by atoms with Crippen molar-refractivity contribution in [3.8, 4) is 28.6 Å². The molecular weight excluding hydrogens is 530 g/mol. The molecule has 0 aliphatic heterocycles. The third kappa shape index (κ3) is 6.86. The highest BCUT2D eigenvalue weighted by Crippen LogP contribution is 2.36. The van der Waals surface area contributed by atoms with Crippen molar-refractivity contribution in [2.45, 2.75) is 25.8 Å². The lowest BCUT2D eigenvalue weighted by molar-refractivity contribution is -0.143. The van der Waals surface area contributed by atoms with E-state index in [0.29, 0.717) is 37.6 Å². The Morgan fingerprint density at radius 3 is 2.14 bits per heavy atom. The molecule has 5 aromatic rings. The van der Waals surface area contributed by atoms with Crippen LogP contribution in [0.2, 0.25) is 0 Å². The van der Waals surface area contributed by atoms with Crippen molar-refractivity contribution in [3.63, 3.8) is 0 Å². The van der Waals surface area contributed by atoms with E-state index in [4.69, 9.17) is 23.4 Å². The summed E-state index contributed by atoms with van der Waals surface area (Å²) in [5.74, 6) is 2.82. The fraction of sp³-hybridized carbons (Fsp3) is 0.229. The number of anilines is 1. The third-order valence-electron chi connectivity index (χ3n) is 6.97. The number of carbonyl (C=O) groups is 1. The maximum atomic E-state index is 11.6. The summed E-state index contributed by atoms with van der Waals surface area (Å²) in [6, 6.07) is 31.9. The Labute approximate surface area is 246 Å². The Kier molecular flexibility index (Phi) is 9.29. The molecule has 0 saturated heterocycles. The minimum atomic E-state index is -0.211. The van der Waals surface area contributed by atoms with Gasteiger partial charge in [0, 0.05) is 23.6 Å². The summed E-state index contributed by atoms with van der Waals surface area (Å²) >= 11 is 0. The monoisotopic (exact) mass is 565 g/mol. The highest BCUT2D eigenvalue weighted by atomic mass is 16.5.